The summed E-state index contributed by atoms with van der Waals surface area (Å²) in [6.45, 7) is 3.19. The summed E-state index contributed by atoms with van der Waals surface area (Å²) in [6, 6.07) is 0. The third-order valence-electron chi connectivity index (χ3n) is 10.5. The fourth-order valence-corrected chi connectivity index (χ4v) is 7.64. The van der Waals surface area contributed by atoms with Crippen molar-refractivity contribution in [3.05, 3.63) is 72.9 Å². The van der Waals surface area contributed by atoms with Crippen LogP contribution in [0.3, 0.4) is 0 Å². The van der Waals surface area contributed by atoms with Crippen LogP contribution in [0.15, 0.2) is 72.9 Å². The summed E-state index contributed by atoms with van der Waals surface area (Å²) in [4.78, 5) is 35.7. The van der Waals surface area contributed by atoms with E-state index in [1.165, 1.54) is 77.0 Å². The first-order valence-corrected chi connectivity index (χ1v) is 25.2. The van der Waals surface area contributed by atoms with E-state index in [1.807, 2.05) is 24.3 Å². The summed E-state index contributed by atoms with van der Waals surface area (Å²) in [6.07, 6.45) is 35.4. The summed E-state index contributed by atoms with van der Waals surface area (Å²) < 4.78 is 33.4. The Hall–Kier alpha value is -2.71. The van der Waals surface area contributed by atoms with Crippen LogP contribution in [0.2, 0.25) is 0 Å². The highest BCUT2D eigenvalue weighted by molar-refractivity contribution is 7.47. The zero-order valence-corrected chi connectivity index (χ0v) is 39.2. The minimum absolute atomic E-state index is 0.0113. The van der Waals surface area contributed by atoms with Gasteiger partial charge in [0.2, 0.25) is 0 Å². The second kappa shape index (κ2) is 38.5. The lowest BCUT2D eigenvalue weighted by Gasteiger charge is -2.41. The summed E-state index contributed by atoms with van der Waals surface area (Å²) in [7, 11) is -5.15. The van der Waals surface area contributed by atoms with Crippen molar-refractivity contribution >= 4 is 19.8 Å². The SMILES string of the molecule is CCCCCCCC/C=C\C/C=C\C/C=C\CCCC(=O)OC[C@H](COP(=O)(O)OC1C(O)C(O)C(O)[C@@H](O)C1O)OC(=O)CCC/C=C\C/C=C\C/C=C\CCCCCCCC. The number of aliphatic hydroxyl groups excluding tert-OH is 5. The molecule has 6 N–H and O–H groups in total. The standard InChI is InChI=1S/C49H83O13P/c1-3-5-7-9-11-13-15-17-19-21-23-25-27-29-31-33-35-37-42(50)59-39-41(40-60-63(57,58)62-49-47(55)45(53)44(52)46(54)48(49)56)61-43(51)38-36-34-32-30-28-26-24-22-20-18-16-14-12-10-8-6-4-2/h17-20,23-26,29-32,41,44-49,52-56H,3-16,21-22,27-28,33-40H2,1-2H3,(H,57,58)/b19-17-,20-18-,25-23-,26-24-,31-29-,32-30-/t41-,44?,45-,46?,47?,48?,49?/m1/s1. The van der Waals surface area contributed by atoms with Crippen molar-refractivity contribution in [2.75, 3.05) is 13.2 Å². The van der Waals surface area contributed by atoms with Gasteiger partial charge in [0.05, 0.1) is 6.61 Å². The Morgan fingerprint density at radius 3 is 1.30 bits per heavy atom. The molecule has 6 unspecified atom stereocenters. The molecule has 1 aliphatic rings. The van der Waals surface area contributed by atoms with Crippen LogP contribution in [-0.4, -0.2) is 98.3 Å². The predicted molar refractivity (Wildman–Crippen MR) is 249 cm³/mol. The van der Waals surface area contributed by atoms with Crippen LogP contribution >= 0.6 is 7.82 Å². The number of hydrogen-bond acceptors (Lipinski definition) is 12. The molecule has 1 saturated carbocycles. The van der Waals surface area contributed by atoms with Gasteiger partial charge in [-0.2, -0.15) is 0 Å². The van der Waals surface area contributed by atoms with Gasteiger partial charge in [-0.15, -0.1) is 0 Å². The van der Waals surface area contributed by atoms with Crippen molar-refractivity contribution in [3.63, 3.8) is 0 Å². The molecule has 14 heteroatoms. The molecule has 1 fully saturated rings. The Balaban J connectivity index is 2.53. The lowest BCUT2D eigenvalue weighted by molar-refractivity contribution is -0.220. The minimum atomic E-state index is -5.15. The molecule has 0 aromatic rings. The lowest BCUT2D eigenvalue weighted by atomic mass is 9.85. The van der Waals surface area contributed by atoms with Crippen molar-refractivity contribution in [2.24, 2.45) is 0 Å². The smallest absolute Gasteiger partial charge is 0.462 e. The van der Waals surface area contributed by atoms with Gasteiger partial charge in [0.15, 0.2) is 6.10 Å². The number of unbranched alkanes of at least 4 members (excludes halogenated alkanes) is 14. The van der Waals surface area contributed by atoms with Gasteiger partial charge >= 0.3 is 19.8 Å². The number of esters is 2. The number of allylic oxidation sites excluding steroid dienone is 12. The molecule has 0 aromatic carbocycles. The summed E-state index contributed by atoms with van der Waals surface area (Å²) in [5.74, 6) is -1.23. The third kappa shape index (κ3) is 31.0. The molecule has 362 valence electrons. The van der Waals surface area contributed by atoms with Crippen molar-refractivity contribution in [1.29, 1.82) is 0 Å². The molecule has 13 nitrogen and oxygen atoms in total. The van der Waals surface area contributed by atoms with Crippen molar-refractivity contribution in [1.82, 2.24) is 0 Å². The Labute approximate surface area is 378 Å². The molecule has 0 bridgehead atoms. The number of carbonyl (C=O) groups excluding carboxylic acids is 2. The zero-order valence-electron chi connectivity index (χ0n) is 38.3. The maximum absolute atomic E-state index is 12.8. The van der Waals surface area contributed by atoms with Crippen LogP contribution in [0.4, 0.5) is 0 Å². The molecule has 1 rings (SSSR count). The van der Waals surface area contributed by atoms with Gasteiger partial charge in [-0.25, -0.2) is 4.57 Å². The maximum Gasteiger partial charge on any atom is 0.472 e. The number of ether oxygens (including phenoxy) is 2. The molecule has 63 heavy (non-hydrogen) atoms. The highest BCUT2D eigenvalue weighted by atomic mass is 31.2. The monoisotopic (exact) mass is 911 g/mol. The van der Waals surface area contributed by atoms with Crippen LogP contribution in [0, 0.1) is 0 Å². The first-order chi connectivity index (χ1) is 30.4. The molecule has 0 radical (unpaired) electrons. The predicted octanol–water partition coefficient (Wildman–Crippen LogP) is 9.50. The summed E-state index contributed by atoms with van der Waals surface area (Å²) in [5, 5.41) is 50.1. The highest BCUT2D eigenvalue weighted by Crippen LogP contribution is 2.47. The van der Waals surface area contributed by atoms with Gasteiger partial charge in [-0.1, -0.05) is 151 Å². The molecule has 0 heterocycles. The van der Waals surface area contributed by atoms with E-state index in [0.29, 0.717) is 25.7 Å². The van der Waals surface area contributed by atoms with E-state index < -0.39 is 75.7 Å². The highest BCUT2D eigenvalue weighted by Gasteiger charge is 2.51. The average molecular weight is 911 g/mol. The van der Waals surface area contributed by atoms with E-state index in [1.54, 1.807) is 0 Å². The van der Waals surface area contributed by atoms with Gasteiger partial charge < -0.3 is 39.9 Å². The molecule has 0 aromatic heterocycles. The Morgan fingerprint density at radius 1 is 0.492 bits per heavy atom. The first-order valence-electron chi connectivity index (χ1n) is 23.7. The fourth-order valence-electron chi connectivity index (χ4n) is 6.67. The summed E-state index contributed by atoms with van der Waals surface area (Å²) >= 11 is 0. The molecular weight excluding hydrogens is 827 g/mol. The van der Waals surface area contributed by atoms with E-state index in [-0.39, 0.29) is 12.8 Å². The number of hydrogen-bond donors (Lipinski definition) is 6. The number of aliphatic hydroxyl groups is 5. The Morgan fingerprint density at radius 2 is 0.857 bits per heavy atom. The van der Waals surface area contributed by atoms with E-state index in [9.17, 15) is 44.6 Å². The van der Waals surface area contributed by atoms with E-state index >= 15 is 0 Å². The minimum Gasteiger partial charge on any atom is -0.462 e. The van der Waals surface area contributed by atoms with Gasteiger partial charge in [0.25, 0.3) is 0 Å². The van der Waals surface area contributed by atoms with Gasteiger partial charge in [0, 0.05) is 12.8 Å². The Kier molecular flexibility index (Phi) is 35.7. The second-order valence-corrected chi connectivity index (χ2v) is 17.7. The molecular formula is C49H83O13P. The Bertz CT molecular complexity index is 1380. The first kappa shape index (κ1) is 58.3. The van der Waals surface area contributed by atoms with Gasteiger partial charge in [0.1, 0.15) is 43.2 Å². The van der Waals surface area contributed by atoms with Gasteiger partial charge in [-0.3, -0.25) is 18.6 Å². The third-order valence-corrected chi connectivity index (χ3v) is 11.5. The lowest BCUT2D eigenvalue weighted by Crippen LogP contribution is -2.64. The number of phosphoric acid groups is 1. The molecule has 0 aliphatic heterocycles. The molecule has 0 spiro atoms. The van der Waals surface area contributed by atoms with Gasteiger partial charge in [-0.05, 0) is 77.0 Å². The van der Waals surface area contributed by atoms with Crippen LogP contribution in [0.25, 0.3) is 0 Å². The molecule has 1 aliphatic carbocycles. The quantitative estimate of drug-likeness (QED) is 0.0148. The fraction of sp³-hybridized carbons (Fsp3) is 0.714. The van der Waals surface area contributed by atoms with Crippen LogP contribution in [-0.2, 0) is 32.7 Å². The second-order valence-electron chi connectivity index (χ2n) is 16.3. The van der Waals surface area contributed by atoms with Crippen molar-refractivity contribution in [2.45, 2.75) is 211 Å². The van der Waals surface area contributed by atoms with E-state index in [2.05, 4.69) is 62.5 Å². The zero-order chi connectivity index (χ0) is 46.4. The van der Waals surface area contributed by atoms with Crippen LogP contribution in [0.5, 0.6) is 0 Å². The van der Waals surface area contributed by atoms with Crippen LogP contribution < -0.4 is 0 Å². The molecule has 8 atom stereocenters. The number of phosphoric ester groups is 1. The number of rotatable bonds is 38. The number of carbonyl (C=O) groups is 2. The largest absolute Gasteiger partial charge is 0.472 e. The van der Waals surface area contributed by atoms with E-state index in [4.69, 9.17) is 18.5 Å². The van der Waals surface area contributed by atoms with Crippen molar-refractivity contribution in [3.8, 4) is 0 Å². The average Bonchev–Trinajstić information content (AvgIpc) is 3.26. The van der Waals surface area contributed by atoms with Crippen LogP contribution in [0.1, 0.15) is 168 Å². The van der Waals surface area contributed by atoms with Crippen molar-refractivity contribution < 1.29 is 63.1 Å². The normalized spacial score (nSPS) is 22.3. The maximum atomic E-state index is 12.8. The topological polar surface area (TPSA) is 210 Å². The molecule has 0 amide bonds. The van der Waals surface area contributed by atoms with E-state index in [0.717, 1.165) is 38.5 Å². The molecule has 0 saturated heterocycles. The summed E-state index contributed by atoms with van der Waals surface area (Å²) in [5.41, 5.74) is 0.